The van der Waals surface area contributed by atoms with Crippen LogP contribution in [-0.4, -0.2) is 53.3 Å². The average Bonchev–Trinajstić information content (AvgIpc) is 2.73. The van der Waals surface area contributed by atoms with Gasteiger partial charge in [0, 0.05) is 13.7 Å². The van der Waals surface area contributed by atoms with Crippen molar-refractivity contribution in [3.8, 4) is 0 Å². The summed E-state index contributed by atoms with van der Waals surface area (Å²) >= 11 is 0. The first-order chi connectivity index (χ1) is 9.00. The molecule has 1 aliphatic rings. The van der Waals surface area contributed by atoms with Crippen LogP contribution in [0.5, 0.6) is 0 Å². The van der Waals surface area contributed by atoms with Crippen LogP contribution in [0.3, 0.4) is 0 Å². The molecule has 0 aromatic rings. The molecule has 0 saturated carbocycles. The quantitative estimate of drug-likeness (QED) is 0.824. The van der Waals surface area contributed by atoms with Gasteiger partial charge in [-0.15, -0.1) is 0 Å². The summed E-state index contributed by atoms with van der Waals surface area (Å²) in [4.78, 5) is 25.3. The molecule has 6 heteroatoms. The van der Waals surface area contributed by atoms with Crippen LogP contribution in [0.2, 0.25) is 0 Å². The lowest BCUT2D eigenvalue weighted by Gasteiger charge is -2.40. The molecule has 2 unspecified atom stereocenters. The molecule has 1 fully saturated rings. The zero-order valence-corrected chi connectivity index (χ0v) is 13.2. The second-order valence-corrected chi connectivity index (χ2v) is 6.53. The lowest BCUT2D eigenvalue weighted by molar-refractivity contribution is -0.150. The molecule has 1 rings (SSSR count). The number of carbonyl (C=O) groups excluding carboxylic acids is 1. The number of carbonyl (C=O) groups is 2. The molecule has 1 heterocycles. The molecule has 0 aromatic carbocycles. The van der Waals surface area contributed by atoms with Gasteiger partial charge >= 0.3 is 12.0 Å². The van der Waals surface area contributed by atoms with Gasteiger partial charge in [-0.1, -0.05) is 0 Å². The van der Waals surface area contributed by atoms with Crippen molar-refractivity contribution in [3.05, 3.63) is 0 Å². The molecule has 1 aliphatic heterocycles. The monoisotopic (exact) mass is 286 g/mol. The number of nitrogens with one attached hydrogen (secondary N) is 1. The third kappa shape index (κ3) is 3.06. The summed E-state index contributed by atoms with van der Waals surface area (Å²) in [5.41, 5.74) is -1.94. The van der Waals surface area contributed by atoms with Crippen molar-refractivity contribution < 1.29 is 19.4 Å². The average molecular weight is 286 g/mol. The molecule has 2 amide bonds. The number of carboxylic acids is 1. The summed E-state index contributed by atoms with van der Waals surface area (Å²) in [6.07, 6.45) is 0.801. The van der Waals surface area contributed by atoms with Crippen LogP contribution in [0.15, 0.2) is 0 Å². The number of likely N-dealkylation sites (N-methyl/N-ethyl adjacent to an activating group) is 1. The van der Waals surface area contributed by atoms with Crippen molar-refractivity contribution in [1.29, 1.82) is 0 Å². The first-order valence-corrected chi connectivity index (χ1v) is 6.90. The number of urea groups is 1. The molecular weight excluding hydrogens is 260 g/mol. The summed E-state index contributed by atoms with van der Waals surface area (Å²) in [6.45, 7) is 9.25. The highest BCUT2D eigenvalue weighted by molar-refractivity contribution is 5.79. The predicted octanol–water partition coefficient (Wildman–Crippen LogP) is 1.69. The van der Waals surface area contributed by atoms with Crippen molar-refractivity contribution in [2.24, 2.45) is 5.41 Å². The van der Waals surface area contributed by atoms with E-state index in [0.717, 1.165) is 6.42 Å². The highest BCUT2D eigenvalue weighted by Crippen LogP contribution is 2.31. The van der Waals surface area contributed by atoms with Gasteiger partial charge in [0.2, 0.25) is 0 Å². The van der Waals surface area contributed by atoms with Gasteiger partial charge in [0.25, 0.3) is 0 Å². The number of nitrogens with zero attached hydrogens (tertiary/aromatic N) is 1. The van der Waals surface area contributed by atoms with E-state index in [1.807, 2.05) is 6.92 Å². The molecule has 0 radical (unpaired) electrons. The maximum absolute atomic E-state index is 12.3. The first-order valence-electron chi connectivity index (χ1n) is 6.90. The Balaban J connectivity index is 2.76. The third-order valence-corrected chi connectivity index (χ3v) is 4.67. The molecule has 116 valence electrons. The summed E-state index contributed by atoms with van der Waals surface area (Å²) in [5.74, 6) is -0.942. The van der Waals surface area contributed by atoms with Gasteiger partial charge in [-0.05, 0) is 41.0 Å². The van der Waals surface area contributed by atoms with Crippen molar-refractivity contribution in [1.82, 2.24) is 10.2 Å². The van der Waals surface area contributed by atoms with Crippen LogP contribution < -0.4 is 5.32 Å². The molecule has 0 bridgehead atoms. The SMILES string of the molecule is CC1OCCC1N(C)C(=O)NC(C)(C)C(C)(C)C(=O)O. The summed E-state index contributed by atoms with van der Waals surface area (Å²) < 4.78 is 5.46. The highest BCUT2D eigenvalue weighted by Gasteiger charge is 2.45. The number of rotatable bonds is 4. The Morgan fingerprint density at radius 2 is 1.85 bits per heavy atom. The van der Waals surface area contributed by atoms with Crippen LogP contribution in [0.25, 0.3) is 0 Å². The Bertz CT molecular complexity index is 393. The van der Waals surface area contributed by atoms with Crippen molar-refractivity contribution in [3.63, 3.8) is 0 Å². The normalized spacial score (nSPS) is 23.5. The Labute approximate surface area is 120 Å². The molecule has 2 N–H and O–H groups in total. The van der Waals surface area contributed by atoms with Gasteiger partial charge in [0.05, 0.1) is 23.1 Å². The van der Waals surface area contributed by atoms with E-state index in [-0.39, 0.29) is 18.2 Å². The summed E-state index contributed by atoms with van der Waals surface area (Å²) in [6, 6.07) is -0.245. The minimum absolute atomic E-state index is 0.00125. The molecule has 6 nitrogen and oxygen atoms in total. The number of hydrogen-bond acceptors (Lipinski definition) is 3. The Morgan fingerprint density at radius 3 is 2.25 bits per heavy atom. The summed E-state index contributed by atoms with van der Waals surface area (Å²) in [5, 5.41) is 12.1. The third-order valence-electron chi connectivity index (χ3n) is 4.67. The predicted molar refractivity (Wildman–Crippen MR) is 75.6 cm³/mol. The van der Waals surface area contributed by atoms with Crippen LogP contribution in [-0.2, 0) is 9.53 Å². The lowest BCUT2D eigenvalue weighted by atomic mass is 9.74. The second kappa shape index (κ2) is 5.60. The minimum Gasteiger partial charge on any atom is -0.481 e. The van der Waals surface area contributed by atoms with Gasteiger partial charge in [0.1, 0.15) is 0 Å². The summed E-state index contributed by atoms with van der Waals surface area (Å²) in [7, 11) is 1.72. The maximum atomic E-state index is 12.3. The van der Waals surface area contributed by atoms with E-state index in [2.05, 4.69) is 5.32 Å². The van der Waals surface area contributed by atoms with E-state index in [0.29, 0.717) is 6.61 Å². The van der Waals surface area contributed by atoms with Crippen molar-refractivity contribution in [2.45, 2.75) is 58.7 Å². The molecule has 0 spiro atoms. The fraction of sp³-hybridized carbons (Fsp3) is 0.857. The van der Waals surface area contributed by atoms with Crippen molar-refractivity contribution in [2.75, 3.05) is 13.7 Å². The largest absolute Gasteiger partial charge is 0.481 e. The lowest BCUT2D eigenvalue weighted by Crippen LogP contribution is -2.60. The minimum atomic E-state index is -1.07. The standard InChI is InChI=1S/C14H26N2O4/c1-9-10(7-8-20-9)16(6)12(19)15-14(4,5)13(2,3)11(17)18/h9-10H,7-8H2,1-6H3,(H,15,19)(H,17,18). The van der Waals surface area contributed by atoms with Gasteiger partial charge in [0.15, 0.2) is 0 Å². The maximum Gasteiger partial charge on any atom is 0.317 e. The van der Waals surface area contributed by atoms with Crippen LogP contribution in [0.4, 0.5) is 4.79 Å². The molecule has 2 atom stereocenters. The Hall–Kier alpha value is -1.30. The fourth-order valence-electron chi connectivity index (χ4n) is 2.16. The topological polar surface area (TPSA) is 78.9 Å². The van der Waals surface area contributed by atoms with E-state index >= 15 is 0 Å². The molecular formula is C14H26N2O4. The van der Waals surface area contributed by atoms with E-state index in [1.165, 1.54) is 0 Å². The van der Waals surface area contributed by atoms with Crippen LogP contribution in [0, 0.1) is 5.41 Å². The Morgan fingerprint density at radius 1 is 1.30 bits per heavy atom. The van der Waals surface area contributed by atoms with Gasteiger partial charge in [-0.2, -0.15) is 0 Å². The Kier molecular flexibility index (Phi) is 4.69. The first kappa shape index (κ1) is 16.8. The van der Waals surface area contributed by atoms with Gasteiger partial charge in [-0.25, -0.2) is 4.79 Å². The number of amides is 2. The molecule has 0 aliphatic carbocycles. The number of ether oxygens (including phenoxy) is 1. The van der Waals surface area contributed by atoms with E-state index < -0.39 is 16.9 Å². The van der Waals surface area contributed by atoms with E-state index in [9.17, 15) is 14.7 Å². The highest BCUT2D eigenvalue weighted by atomic mass is 16.5. The second-order valence-electron chi connectivity index (χ2n) is 6.53. The van der Waals surface area contributed by atoms with Gasteiger partial charge in [-0.3, -0.25) is 4.79 Å². The number of hydrogen-bond donors (Lipinski definition) is 2. The zero-order valence-electron chi connectivity index (χ0n) is 13.2. The molecule has 20 heavy (non-hydrogen) atoms. The smallest absolute Gasteiger partial charge is 0.317 e. The van der Waals surface area contributed by atoms with Crippen molar-refractivity contribution >= 4 is 12.0 Å². The number of carboxylic acid groups (broad SMARTS) is 1. The van der Waals surface area contributed by atoms with E-state index in [4.69, 9.17) is 4.74 Å². The molecule has 1 saturated heterocycles. The fourth-order valence-corrected chi connectivity index (χ4v) is 2.16. The van der Waals surface area contributed by atoms with Gasteiger partial charge < -0.3 is 20.1 Å². The molecule has 0 aromatic heterocycles. The van der Waals surface area contributed by atoms with Crippen LogP contribution in [0.1, 0.15) is 41.0 Å². The zero-order chi connectivity index (χ0) is 15.7. The van der Waals surface area contributed by atoms with Crippen LogP contribution >= 0.6 is 0 Å². The number of aliphatic carboxylic acids is 1. The van der Waals surface area contributed by atoms with E-state index in [1.54, 1.807) is 39.6 Å².